The van der Waals surface area contributed by atoms with Crippen LogP contribution in [0.4, 0.5) is 68.0 Å². The van der Waals surface area contributed by atoms with E-state index in [9.17, 15) is 49.6 Å². The van der Waals surface area contributed by atoms with Crippen molar-refractivity contribution in [2.24, 2.45) is 10.2 Å². The molecule has 0 unspecified atom stereocenters. The third-order valence-electron chi connectivity index (χ3n) is 9.60. The molecule has 0 aromatic heterocycles. The van der Waals surface area contributed by atoms with Gasteiger partial charge in [-0.1, -0.05) is 90.5 Å². The van der Waals surface area contributed by atoms with Crippen molar-refractivity contribution in [3.8, 4) is 11.1 Å². The van der Waals surface area contributed by atoms with E-state index >= 15 is 0 Å². The summed E-state index contributed by atoms with van der Waals surface area (Å²) in [5, 5.41) is 17.9. The van der Waals surface area contributed by atoms with Crippen molar-refractivity contribution < 1.29 is 44.4 Å². The van der Waals surface area contributed by atoms with Gasteiger partial charge in [0.05, 0.1) is 33.0 Å². The predicted molar refractivity (Wildman–Crippen MR) is 245 cm³/mol. The van der Waals surface area contributed by atoms with E-state index < -0.39 is 40.1 Å². The van der Waals surface area contributed by atoms with Crippen LogP contribution in [0.1, 0.15) is 50.1 Å². The number of nitrogens with two attached hydrogens (primary N) is 2. The summed E-state index contributed by atoms with van der Waals surface area (Å²) < 4.78 is 114. The average Bonchev–Trinajstić information content (AvgIpc) is 3.25. The molecule has 0 aliphatic rings. The number of anilines is 2. The van der Waals surface area contributed by atoms with Crippen molar-refractivity contribution in [3.63, 3.8) is 0 Å². The molecule has 0 saturated heterocycles. The summed E-state index contributed by atoms with van der Waals surface area (Å²) in [4.78, 5) is 9.76. The number of nitrogen functional groups attached to an aromatic ring is 2. The van der Waals surface area contributed by atoms with E-state index in [1.54, 1.807) is 55.5 Å². The molecule has 7 rings (SSSR count). The third kappa shape index (κ3) is 17.1. The molecule has 0 amide bonds. The Balaban J connectivity index is 0.000000200. The Hall–Kier alpha value is -7.49. The highest BCUT2D eigenvalue weighted by molar-refractivity contribution is 5.74. The number of nitrogens with zero attached hydrogens (tertiary/aromatic N) is 3. The summed E-state index contributed by atoms with van der Waals surface area (Å²) in [5.74, 6) is 0. The minimum Gasteiger partial charge on any atom is -0.399 e. The van der Waals surface area contributed by atoms with Gasteiger partial charge in [0, 0.05) is 23.5 Å². The Kier molecular flexibility index (Phi) is 18.0. The average molecular weight is 932 g/mol. The predicted octanol–water partition coefficient (Wildman–Crippen LogP) is 16.0. The van der Waals surface area contributed by atoms with Gasteiger partial charge in [-0.05, 0) is 140 Å². The van der Waals surface area contributed by atoms with Gasteiger partial charge >= 0.3 is 18.5 Å². The SMILES string of the molecule is Cc1cc(N)ccc1-c1ccc(N)cc1C(F)(F)F.Cc1cccc(CCc2cccc(C(F)(F)F)c2)c1.Cc1cccc(N=Nc2cccc(C(F)(F)F)c2)c1.Cc1cccc([N+](=O)[O-])c1. The maximum atomic E-state index is 13.0. The summed E-state index contributed by atoms with van der Waals surface area (Å²) in [7, 11) is 0. The normalized spacial score (nSPS) is 11.4. The van der Waals surface area contributed by atoms with Gasteiger partial charge in [0.15, 0.2) is 0 Å². The fourth-order valence-corrected chi connectivity index (χ4v) is 6.37. The molecule has 7 aromatic rings. The molecule has 4 N–H and O–H groups in total. The number of nitro groups is 1. The molecular formula is C51H46F9N5O2. The van der Waals surface area contributed by atoms with Crippen LogP contribution >= 0.6 is 0 Å². The standard InChI is InChI=1S/C16H15F3.C14H13F3N2.C14H11F3N2.C7H7NO2/c1-12-4-2-5-13(10-12)8-9-14-6-3-7-15(11-14)16(17,18)19;1-8-6-9(18)2-4-11(8)12-5-3-10(19)7-13(12)14(15,16)17;1-10-4-2-6-12(8-10)18-19-13-7-3-5-11(9-13)14(15,16)17;1-6-3-2-4-7(5-6)8(9)10/h2-7,10-11H,8-9H2,1H3;2-7H,18-19H2,1H3;2-9H,1H3;2-5H,1H3. The van der Waals surface area contributed by atoms with Gasteiger partial charge in [-0.2, -0.15) is 49.7 Å². The van der Waals surface area contributed by atoms with E-state index in [1.165, 1.54) is 48.0 Å². The Morgan fingerprint density at radius 2 is 0.925 bits per heavy atom. The first-order chi connectivity index (χ1) is 31.4. The van der Waals surface area contributed by atoms with E-state index in [2.05, 4.69) is 16.3 Å². The zero-order valence-electron chi connectivity index (χ0n) is 36.6. The fraction of sp³-hybridized carbons (Fsp3) is 0.176. The van der Waals surface area contributed by atoms with Crippen LogP contribution in [0, 0.1) is 37.8 Å². The molecule has 0 saturated carbocycles. The van der Waals surface area contributed by atoms with Crippen molar-refractivity contribution in [2.75, 3.05) is 11.5 Å². The first-order valence-corrected chi connectivity index (χ1v) is 20.3. The van der Waals surface area contributed by atoms with Crippen LogP contribution in [-0.2, 0) is 31.4 Å². The van der Waals surface area contributed by atoms with Gasteiger partial charge in [-0.3, -0.25) is 10.1 Å². The monoisotopic (exact) mass is 931 g/mol. The number of nitro benzene ring substituents is 1. The Labute approximate surface area is 381 Å². The van der Waals surface area contributed by atoms with Crippen LogP contribution in [0.2, 0.25) is 0 Å². The summed E-state index contributed by atoms with van der Waals surface area (Å²) >= 11 is 0. The molecule has 350 valence electrons. The van der Waals surface area contributed by atoms with Crippen molar-refractivity contribution in [3.05, 3.63) is 218 Å². The molecule has 0 radical (unpaired) electrons. The molecule has 0 atom stereocenters. The van der Waals surface area contributed by atoms with Crippen molar-refractivity contribution in [1.29, 1.82) is 0 Å². The van der Waals surface area contributed by atoms with Crippen molar-refractivity contribution in [1.82, 2.24) is 0 Å². The lowest BCUT2D eigenvalue weighted by atomic mass is 9.95. The summed E-state index contributed by atoms with van der Waals surface area (Å²) in [6.45, 7) is 7.46. The van der Waals surface area contributed by atoms with Gasteiger partial charge < -0.3 is 11.5 Å². The second kappa shape index (κ2) is 23.1. The molecule has 0 aliphatic carbocycles. The molecule has 0 aliphatic heterocycles. The lowest BCUT2D eigenvalue weighted by Gasteiger charge is -2.15. The number of hydrogen-bond donors (Lipinski definition) is 2. The Morgan fingerprint density at radius 3 is 1.42 bits per heavy atom. The van der Waals surface area contributed by atoms with Crippen LogP contribution in [0.25, 0.3) is 11.1 Å². The van der Waals surface area contributed by atoms with E-state index in [-0.39, 0.29) is 22.6 Å². The lowest BCUT2D eigenvalue weighted by molar-refractivity contribution is -0.384. The molecule has 0 bridgehead atoms. The van der Waals surface area contributed by atoms with Gasteiger partial charge in [-0.25, -0.2) is 0 Å². The van der Waals surface area contributed by atoms with E-state index in [1.807, 2.05) is 57.2 Å². The topological polar surface area (TPSA) is 120 Å². The molecule has 7 aromatic carbocycles. The van der Waals surface area contributed by atoms with Crippen molar-refractivity contribution in [2.45, 2.75) is 59.1 Å². The second-order valence-corrected chi connectivity index (χ2v) is 15.2. The van der Waals surface area contributed by atoms with Gasteiger partial charge in [0.1, 0.15) is 0 Å². The van der Waals surface area contributed by atoms with Gasteiger partial charge in [-0.15, -0.1) is 0 Å². The van der Waals surface area contributed by atoms with E-state index in [0.29, 0.717) is 28.9 Å². The van der Waals surface area contributed by atoms with Crippen LogP contribution in [0.15, 0.2) is 168 Å². The van der Waals surface area contributed by atoms with Crippen LogP contribution in [0.3, 0.4) is 0 Å². The number of benzene rings is 7. The molecule has 67 heavy (non-hydrogen) atoms. The highest BCUT2D eigenvalue weighted by Gasteiger charge is 2.34. The maximum Gasteiger partial charge on any atom is 0.417 e. The zero-order valence-corrected chi connectivity index (χ0v) is 36.6. The minimum absolute atomic E-state index is 0.0872. The Morgan fingerprint density at radius 1 is 0.478 bits per heavy atom. The highest BCUT2D eigenvalue weighted by atomic mass is 19.4. The molecule has 0 spiro atoms. The lowest BCUT2D eigenvalue weighted by Crippen LogP contribution is -2.08. The summed E-state index contributed by atoms with van der Waals surface area (Å²) in [6.07, 6.45) is -11.7. The first kappa shape index (κ1) is 52.1. The number of halogens is 9. The molecule has 7 nitrogen and oxygen atoms in total. The number of alkyl halides is 9. The largest absolute Gasteiger partial charge is 0.417 e. The van der Waals surface area contributed by atoms with Crippen molar-refractivity contribution >= 4 is 28.4 Å². The number of hydrogen-bond acceptors (Lipinski definition) is 6. The van der Waals surface area contributed by atoms with E-state index in [4.69, 9.17) is 11.5 Å². The number of non-ortho nitro benzene ring substituents is 1. The highest BCUT2D eigenvalue weighted by Crippen LogP contribution is 2.40. The van der Waals surface area contributed by atoms with Crippen LogP contribution in [0.5, 0.6) is 0 Å². The van der Waals surface area contributed by atoms with E-state index in [0.717, 1.165) is 52.9 Å². The smallest absolute Gasteiger partial charge is 0.399 e. The Bertz CT molecular complexity index is 2790. The minimum atomic E-state index is -4.45. The molecule has 16 heteroatoms. The quantitative estimate of drug-likeness (QED) is 0.0544. The van der Waals surface area contributed by atoms with Crippen LogP contribution < -0.4 is 11.5 Å². The maximum absolute atomic E-state index is 13.0. The molecule has 0 fully saturated rings. The first-order valence-electron chi connectivity index (χ1n) is 20.3. The van der Waals surface area contributed by atoms with Crippen LogP contribution in [-0.4, -0.2) is 4.92 Å². The number of rotatable bonds is 7. The molecule has 0 heterocycles. The molecular weight excluding hydrogens is 886 g/mol. The van der Waals surface area contributed by atoms with Gasteiger partial charge in [0.25, 0.3) is 5.69 Å². The van der Waals surface area contributed by atoms with Gasteiger partial charge in [0.2, 0.25) is 0 Å². The summed E-state index contributed by atoms with van der Waals surface area (Å²) in [5.41, 5.74) is 16.8. The number of aryl methyl sites for hydroxylation is 6. The third-order valence-corrected chi connectivity index (χ3v) is 9.60. The summed E-state index contributed by atoms with van der Waals surface area (Å²) in [6, 6.07) is 40.8. The zero-order chi connectivity index (χ0) is 49.5. The number of azo groups is 1. The second-order valence-electron chi connectivity index (χ2n) is 15.2. The fourth-order valence-electron chi connectivity index (χ4n) is 6.37.